The Morgan fingerprint density at radius 1 is 1.32 bits per heavy atom. The molecule has 1 aromatic rings. The van der Waals surface area contributed by atoms with E-state index in [1.54, 1.807) is 0 Å². The van der Waals surface area contributed by atoms with Gasteiger partial charge in [0.25, 0.3) is 0 Å². The molecule has 2 rings (SSSR count). The van der Waals surface area contributed by atoms with Gasteiger partial charge in [-0.2, -0.15) is 0 Å². The second-order valence-corrected chi connectivity index (χ2v) is 6.31. The van der Waals surface area contributed by atoms with E-state index in [0.717, 1.165) is 17.9 Å². The SMILES string of the molecule is CCOC(c1ncc(CNC2CC2)cn1)C(C)(C)C. The molecule has 0 radical (unpaired) electrons. The maximum absolute atomic E-state index is 5.80. The van der Waals surface area contributed by atoms with Gasteiger partial charge in [-0.15, -0.1) is 0 Å². The molecule has 0 spiro atoms. The van der Waals surface area contributed by atoms with E-state index in [2.05, 4.69) is 36.1 Å². The predicted octanol–water partition coefficient (Wildman–Crippen LogP) is 2.85. The van der Waals surface area contributed by atoms with Crippen LogP contribution in [0.5, 0.6) is 0 Å². The highest BCUT2D eigenvalue weighted by molar-refractivity contribution is 5.08. The number of ether oxygens (including phenoxy) is 1. The van der Waals surface area contributed by atoms with Crippen LogP contribution in [0.1, 0.15) is 58.0 Å². The highest BCUT2D eigenvalue weighted by Crippen LogP contribution is 2.33. The summed E-state index contributed by atoms with van der Waals surface area (Å²) in [6.45, 7) is 10.0. The first-order chi connectivity index (χ1) is 9.00. The van der Waals surface area contributed by atoms with Crippen molar-refractivity contribution in [1.82, 2.24) is 15.3 Å². The summed E-state index contributed by atoms with van der Waals surface area (Å²) in [5, 5.41) is 3.47. The summed E-state index contributed by atoms with van der Waals surface area (Å²) in [4.78, 5) is 8.97. The molecule has 1 aromatic heterocycles. The Hall–Kier alpha value is -1.00. The molecule has 1 N–H and O–H groups in total. The summed E-state index contributed by atoms with van der Waals surface area (Å²) >= 11 is 0. The highest BCUT2D eigenvalue weighted by Gasteiger charge is 2.29. The molecular weight excluding hydrogens is 238 g/mol. The van der Waals surface area contributed by atoms with Gasteiger partial charge in [0.15, 0.2) is 5.82 Å². The molecule has 1 aliphatic carbocycles. The third-order valence-electron chi connectivity index (χ3n) is 3.25. The zero-order valence-electron chi connectivity index (χ0n) is 12.4. The molecule has 1 heterocycles. The minimum atomic E-state index is -0.0528. The van der Waals surface area contributed by atoms with Crippen LogP contribution >= 0.6 is 0 Å². The number of hydrogen-bond donors (Lipinski definition) is 1. The summed E-state index contributed by atoms with van der Waals surface area (Å²) in [6, 6.07) is 0.713. The average Bonchev–Trinajstić information content (AvgIpc) is 3.17. The average molecular weight is 263 g/mol. The maximum Gasteiger partial charge on any atom is 0.157 e. The summed E-state index contributed by atoms with van der Waals surface area (Å²) in [5.74, 6) is 0.782. The van der Waals surface area contributed by atoms with Crippen molar-refractivity contribution in [2.75, 3.05) is 6.61 Å². The van der Waals surface area contributed by atoms with Crippen LogP contribution in [0.2, 0.25) is 0 Å². The fourth-order valence-electron chi connectivity index (χ4n) is 2.02. The van der Waals surface area contributed by atoms with E-state index in [4.69, 9.17) is 4.74 Å². The van der Waals surface area contributed by atoms with Gasteiger partial charge < -0.3 is 10.1 Å². The summed E-state index contributed by atoms with van der Waals surface area (Å²) in [5.41, 5.74) is 1.14. The van der Waals surface area contributed by atoms with Crippen LogP contribution in [-0.4, -0.2) is 22.6 Å². The van der Waals surface area contributed by atoms with E-state index in [0.29, 0.717) is 12.6 Å². The Morgan fingerprint density at radius 3 is 2.42 bits per heavy atom. The van der Waals surface area contributed by atoms with Crippen LogP contribution in [0.3, 0.4) is 0 Å². The molecule has 1 atom stereocenters. The standard InChI is InChI=1S/C15H25N3O/c1-5-19-13(15(2,3)4)14-17-9-11(10-18-14)8-16-12-6-7-12/h9-10,12-13,16H,5-8H2,1-4H3. The molecule has 4 nitrogen and oxygen atoms in total. The molecule has 1 unspecified atom stereocenters. The molecule has 1 fully saturated rings. The van der Waals surface area contributed by atoms with Gasteiger partial charge in [0.2, 0.25) is 0 Å². The van der Waals surface area contributed by atoms with Crippen LogP contribution in [-0.2, 0) is 11.3 Å². The Morgan fingerprint density at radius 2 is 1.95 bits per heavy atom. The lowest BCUT2D eigenvalue weighted by Crippen LogP contribution is -2.24. The monoisotopic (exact) mass is 263 g/mol. The number of aromatic nitrogens is 2. The number of hydrogen-bond acceptors (Lipinski definition) is 4. The smallest absolute Gasteiger partial charge is 0.157 e. The number of rotatable bonds is 6. The molecule has 0 aromatic carbocycles. The summed E-state index contributed by atoms with van der Waals surface area (Å²) < 4.78 is 5.80. The second-order valence-electron chi connectivity index (χ2n) is 6.31. The second kappa shape index (κ2) is 5.97. The summed E-state index contributed by atoms with van der Waals surface area (Å²) in [7, 11) is 0. The number of nitrogens with zero attached hydrogens (tertiary/aromatic N) is 2. The van der Waals surface area contributed by atoms with Crippen molar-refractivity contribution in [2.45, 2.75) is 59.2 Å². The Kier molecular flexibility index (Phi) is 4.53. The first kappa shape index (κ1) is 14.4. The van der Waals surface area contributed by atoms with Crippen LogP contribution in [0.4, 0.5) is 0 Å². The molecule has 19 heavy (non-hydrogen) atoms. The van der Waals surface area contributed by atoms with Gasteiger partial charge in [0.1, 0.15) is 6.10 Å². The van der Waals surface area contributed by atoms with Gasteiger partial charge in [0, 0.05) is 37.2 Å². The van der Waals surface area contributed by atoms with Crippen molar-refractivity contribution in [2.24, 2.45) is 5.41 Å². The third kappa shape index (κ3) is 4.25. The molecular formula is C15H25N3O. The fourth-order valence-corrected chi connectivity index (χ4v) is 2.02. The van der Waals surface area contributed by atoms with E-state index >= 15 is 0 Å². The van der Waals surface area contributed by atoms with Crippen molar-refractivity contribution in [3.05, 3.63) is 23.8 Å². The minimum absolute atomic E-state index is 0.00376. The zero-order chi connectivity index (χ0) is 13.9. The first-order valence-corrected chi connectivity index (χ1v) is 7.16. The lowest BCUT2D eigenvalue weighted by molar-refractivity contribution is -0.0191. The van der Waals surface area contributed by atoms with Crippen molar-refractivity contribution in [3.8, 4) is 0 Å². The Balaban J connectivity index is 2.01. The Labute approximate surface area is 116 Å². The molecule has 1 saturated carbocycles. The van der Waals surface area contributed by atoms with Crippen LogP contribution in [0.15, 0.2) is 12.4 Å². The van der Waals surface area contributed by atoms with Crippen LogP contribution in [0, 0.1) is 5.41 Å². The van der Waals surface area contributed by atoms with E-state index < -0.39 is 0 Å². The molecule has 1 aliphatic rings. The van der Waals surface area contributed by atoms with E-state index in [9.17, 15) is 0 Å². The van der Waals surface area contributed by atoms with Gasteiger partial charge in [0.05, 0.1) is 0 Å². The molecule has 4 heteroatoms. The zero-order valence-corrected chi connectivity index (χ0v) is 12.4. The van der Waals surface area contributed by atoms with E-state index in [-0.39, 0.29) is 11.5 Å². The predicted molar refractivity (Wildman–Crippen MR) is 75.7 cm³/mol. The number of nitrogens with one attached hydrogen (secondary N) is 1. The van der Waals surface area contributed by atoms with Gasteiger partial charge in [-0.1, -0.05) is 20.8 Å². The molecule has 0 aliphatic heterocycles. The minimum Gasteiger partial charge on any atom is -0.370 e. The van der Waals surface area contributed by atoms with Crippen molar-refractivity contribution >= 4 is 0 Å². The van der Waals surface area contributed by atoms with Crippen molar-refractivity contribution < 1.29 is 4.74 Å². The van der Waals surface area contributed by atoms with Gasteiger partial charge in [-0.3, -0.25) is 0 Å². The van der Waals surface area contributed by atoms with Gasteiger partial charge in [-0.25, -0.2) is 9.97 Å². The fraction of sp³-hybridized carbons (Fsp3) is 0.733. The van der Waals surface area contributed by atoms with Crippen LogP contribution < -0.4 is 5.32 Å². The van der Waals surface area contributed by atoms with Crippen molar-refractivity contribution in [3.63, 3.8) is 0 Å². The molecule has 0 saturated heterocycles. The largest absolute Gasteiger partial charge is 0.370 e. The first-order valence-electron chi connectivity index (χ1n) is 7.16. The topological polar surface area (TPSA) is 47.0 Å². The molecule has 0 bridgehead atoms. The van der Waals surface area contributed by atoms with Crippen molar-refractivity contribution in [1.29, 1.82) is 0 Å². The highest BCUT2D eigenvalue weighted by atomic mass is 16.5. The van der Waals surface area contributed by atoms with Gasteiger partial charge in [-0.05, 0) is 25.2 Å². The maximum atomic E-state index is 5.80. The third-order valence-corrected chi connectivity index (χ3v) is 3.25. The quantitative estimate of drug-likeness (QED) is 0.857. The lowest BCUT2D eigenvalue weighted by Gasteiger charge is -2.29. The lowest BCUT2D eigenvalue weighted by atomic mass is 9.88. The van der Waals surface area contributed by atoms with E-state index in [1.165, 1.54) is 12.8 Å². The normalized spacial score (nSPS) is 17.5. The Bertz CT molecular complexity index is 393. The summed E-state index contributed by atoms with van der Waals surface area (Å²) in [6.07, 6.45) is 6.37. The molecule has 0 amide bonds. The molecule has 106 valence electrons. The van der Waals surface area contributed by atoms with E-state index in [1.807, 2.05) is 19.3 Å². The van der Waals surface area contributed by atoms with Gasteiger partial charge >= 0.3 is 0 Å². The van der Waals surface area contributed by atoms with Crippen LogP contribution in [0.25, 0.3) is 0 Å².